The maximum absolute atomic E-state index is 11.5. The Hall–Kier alpha value is -1.78. The highest BCUT2D eigenvalue weighted by Crippen LogP contribution is 2.12. The van der Waals surface area contributed by atoms with Crippen LogP contribution >= 0.6 is 0 Å². The molecule has 1 heterocycles. The van der Waals surface area contributed by atoms with Crippen LogP contribution in [0.4, 0.5) is 0 Å². The molecule has 0 atom stereocenters. The second-order valence-electron chi connectivity index (χ2n) is 3.26. The summed E-state index contributed by atoms with van der Waals surface area (Å²) >= 11 is 0. The number of aromatic amines is 1. The lowest BCUT2D eigenvalue weighted by Gasteiger charge is -2.02. The van der Waals surface area contributed by atoms with Gasteiger partial charge in [0.15, 0.2) is 0 Å². The van der Waals surface area contributed by atoms with Crippen molar-refractivity contribution in [3.8, 4) is 0 Å². The monoisotopic (exact) mass is 210 g/mol. The molecule has 0 aliphatic heterocycles. The van der Waals surface area contributed by atoms with Gasteiger partial charge in [-0.05, 0) is 18.9 Å². The molecule has 0 radical (unpaired) electrons. The maximum Gasteiger partial charge on any atom is 0.352 e. The molecule has 0 fully saturated rings. The third-order valence-electron chi connectivity index (χ3n) is 2.13. The summed E-state index contributed by atoms with van der Waals surface area (Å²) in [7, 11) is 0. The number of hydrogen-bond donors (Lipinski definition) is 3. The molecule has 1 aromatic heterocycles. The Morgan fingerprint density at radius 2 is 2.20 bits per heavy atom. The van der Waals surface area contributed by atoms with Gasteiger partial charge in [-0.3, -0.25) is 4.79 Å². The predicted molar refractivity (Wildman–Crippen MR) is 55.1 cm³/mol. The van der Waals surface area contributed by atoms with Gasteiger partial charge < -0.3 is 15.4 Å². The zero-order chi connectivity index (χ0) is 11.4. The van der Waals surface area contributed by atoms with Gasteiger partial charge in [-0.2, -0.15) is 0 Å². The van der Waals surface area contributed by atoms with E-state index in [-0.39, 0.29) is 11.6 Å². The SMILES string of the molecule is CCCNC(=O)c1c[nH]c(C(=O)O)c1C. The van der Waals surface area contributed by atoms with Gasteiger partial charge >= 0.3 is 5.97 Å². The summed E-state index contributed by atoms with van der Waals surface area (Å²) in [4.78, 5) is 24.8. The Morgan fingerprint density at radius 1 is 1.53 bits per heavy atom. The number of carboxylic acid groups (broad SMARTS) is 1. The second-order valence-corrected chi connectivity index (χ2v) is 3.26. The lowest BCUT2D eigenvalue weighted by atomic mass is 10.1. The van der Waals surface area contributed by atoms with Gasteiger partial charge in [-0.25, -0.2) is 4.79 Å². The quantitative estimate of drug-likeness (QED) is 0.697. The lowest BCUT2D eigenvalue weighted by Crippen LogP contribution is -2.24. The molecule has 1 amide bonds. The Bertz CT molecular complexity index is 382. The van der Waals surface area contributed by atoms with Gasteiger partial charge in [0.05, 0.1) is 5.56 Å². The second kappa shape index (κ2) is 4.63. The van der Waals surface area contributed by atoms with Gasteiger partial charge in [-0.15, -0.1) is 0 Å². The Morgan fingerprint density at radius 3 is 2.67 bits per heavy atom. The van der Waals surface area contributed by atoms with Crippen LogP contribution in [0.1, 0.15) is 39.8 Å². The van der Waals surface area contributed by atoms with E-state index in [4.69, 9.17) is 5.11 Å². The van der Waals surface area contributed by atoms with Gasteiger partial charge in [0.25, 0.3) is 5.91 Å². The summed E-state index contributed by atoms with van der Waals surface area (Å²) < 4.78 is 0. The van der Waals surface area contributed by atoms with E-state index < -0.39 is 5.97 Å². The average Bonchev–Trinajstić information content (AvgIpc) is 2.56. The topological polar surface area (TPSA) is 82.2 Å². The summed E-state index contributed by atoms with van der Waals surface area (Å²) in [5, 5.41) is 11.5. The molecule has 0 bridgehead atoms. The van der Waals surface area contributed by atoms with Crippen LogP contribution in [0.15, 0.2) is 6.20 Å². The predicted octanol–water partition coefficient (Wildman–Crippen LogP) is 1.16. The van der Waals surface area contributed by atoms with Crippen molar-refractivity contribution in [1.82, 2.24) is 10.3 Å². The van der Waals surface area contributed by atoms with Crippen molar-refractivity contribution in [2.45, 2.75) is 20.3 Å². The highest BCUT2D eigenvalue weighted by molar-refractivity contribution is 5.99. The third kappa shape index (κ3) is 2.37. The lowest BCUT2D eigenvalue weighted by molar-refractivity contribution is 0.0690. The first-order chi connectivity index (χ1) is 7.07. The fraction of sp³-hybridized carbons (Fsp3) is 0.400. The van der Waals surface area contributed by atoms with Crippen LogP contribution in [-0.4, -0.2) is 28.5 Å². The Kier molecular flexibility index (Phi) is 3.49. The molecule has 0 aliphatic carbocycles. The molecule has 5 heteroatoms. The summed E-state index contributed by atoms with van der Waals surface area (Å²) in [5.41, 5.74) is 0.925. The third-order valence-corrected chi connectivity index (χ3v) is 2.13. The van der Waals surface area contributed by atoms with Crippen LogP contribution in [0.25, 0.3) is 0 Å². The van der Waals surface area contributed by atoms with E-state index in [9.17, 15) is 9.59 Å². The van der Waals surface area contributed by atoms with Crippen LogP contribution < -0.4 is 5.32 Å². The standard InChI is InChI=1S/C10H14N2O3/c1-3-4-11-9(13)7-5-12-8(6(7)2)10(14)15/h5,12H,3-4H2,1-2H3,(H,11,13)(H,14,15). The minimum absolute atomic E-state index is 0.0663. The van der Waals surface area contributed by atoms with E-state index >= 15 is 0 Å². The molecule has 0 unspecified atom stereocenters. The van der Waals surface area contributed by atoms with E-state index in [2.05, 4.69) is 10.3 Å². The normalized spacial score (nSPS) is 10.0. The molecular formula is C10H14N2O3. The van der Waals surface area contributed by atoms with Gasteiger partial charge in [0.2, 0.25) is 0 Å². The van der Waals surface area contributed by atoms with Crippen molar-refractivity contribution >= 4 is 11.9 Å². The van der Waals surface area contributed by atoms with E-state index in [1.807, 2.05) is 6.92 Å². The van der Waals surface area contributed by atoms with Gasteiger partial charge in [-0.1, -0.05) is 6.92 Å². The van der Waals surface area contributed by atoms with Crippen molar-refractivity contribution in [3.05, 3.63) is 23.0 Å². The molecule has 3 N–H and O–H groups in total. The first kappa shape index (κ1) is 11.3. The zero-order valence-corrected chi connectivity index (χ0v) is 8.76. The van der Waals surface area contributed by atoms with Gasteiger partial charge in [0.1, 0.15) is 5.69 Å². The number of H-pyrrole nitrogens is 1. The number of aromatic nitrogens is 1. The van der Waals surface area contributed by atoms with Crippen LogP contribution in [-0.2, 0) is 0 Å². The fourth-order valence-electron chi connectivity index (χ4n) is 1.29. The fourth-order valence-corrected chi connectivity index (χ4v) is 1.29. The van der Waals surface area contributed by atoms with Crippen LogP contribution in [0.3, 0.4) is 0 Å². The Balaban J connectivity index is 2.86. The molecule has 0 saturated carbocycles. The average molecular weight is 210 g/mol. The maximum atomic E-state index is 11.5. The molecule has 1 aromatic rings. The number of carbonyl (C=O) groups excluding carboxylic acids is 1. The van der Waals surface area contributed by atoms with Crippen molar-refractivity contribution < 1.29 is 14.7 Å². The number of amides is 1. The molecule has 82 valence electrons. The minimum atomic E-state index is -1.05. The van der Waals surface area contributed by atoms with Gasteiger partial charge in [0, 0.05) is 12.7 Å². The largest absolute Gasteiger partial charge is 0.477 e. The molecule has 5 nitrogen and oxygen atoms in total. The minimum Gasteiger partial charge on any atom is -0.477 e. The molecule has 0 aliphatic rings. The number of nitrogens with one attached hydrogen (secondary N) is 2. The summed E-state index contributed by atoms with van der Waals surface area (Å²) in [5.74, 6) is -1.29. The highest BCUT2D eigenvalue weighted by atomic mass is 16.4. The van der Waals surface area contributed by atoms with E-state index in [0.717, 1.165) is 6.42 Å². The van der Waals surface area contributed by atoms with Crippen LogP contribution in [0.5, 0.6) is 0 Å². The summed E-state index contributed by atoms with van der Waals surface area (Å²) in [6, 6.07) is 0. The molecule has 0 aromatic carbocycles. The van der Waals surface area contributed by atoms with Crippen molar-refractivity contribution in [2.24, 2.45) is 0 Å². The smallest absolute Gasteiger partial charge is 0.352 e. The summed E-state index contributed by atoms with van der Waals surface area (Å²) in [6.07, 6.45) is 2.27. The Labute approximate surface area is 87.5 Å². The number of carboxylic acids is 1. The van der Waals surface area contributed by atoms with E-state index in [0.29, 0.717) is 17.7 Å². The molecular weight excluding hydrogens is 196 g/mol. The molecule has 15 heavy (non-hydrogen) atoms. The van der Waals surface area contributed by atoms with Crippen molar-refractivity contribution in [1.29, 1.82) is 0 Å². The zero-order valence-electron chi connectivity index (χ0n) is 8.76. The van der Waals surface area contributed by atoms with E-state index in [1.54, 1.807) is 6.92 Å². The number of carbonyl (C=O) groups is 2. The molecule has 0 spiro atoms. The number of hydrogen-bond acceptors (Lipinski definition) is 2. The molecule has 0 saturated heterocycles. The highest BCUT2D eigenvalue weighted by Gasteiger charge is 2.17. The van der Waals surface area contributed by atoms with Crippen LogP contribution in [0, 0.1) is 6.92 Å². The first-order valence-electron chi connectivity index (χ1n) is 4.77. The van der Waals surface area contributed by atoms with Crippen molar-refractivity contribution in [2.75, 3.05) is 6.54 Å². The van der Waals surface area contributed by atoms with Crippen LogP contribution in [0.2, 0.25) is 0 Å². The molecule has 1 rings (SSSR count). The number of rotatable bonds is 4. The summed E-state index contributed by atoms with van der Waals surface area (Å²) in [6.45, 7) is 4.15. The first-order valence-corrected chi connectivity index (χ1v) is 4.77. The van der Waals surface area contributed by atoms with E-state index in [1.165, 1.54) is 6.20 Å². The number of aromatic carboxylic acids is 1. The van der Waals surface area contributed by atoms with Crippen molar-refractivity contribution in [3.63, 3.8) is 0 Å².